The third-order valence-corrected chi connectivity index (χ3v) is 6.25. The van der Waals surface area contributed by atoms with Gasteiger partial charge in [0.05, 0.1) is 6.61 Å². The summed E-state index contributed by atoms with van der Waals surface area (Å²) in [4.78, 5) is 14.9. The van der Waals surface area contributed by atoms with E-state index in [1.807, 2.05) is 40.9 Å². The fraction of sp³-hybridized carbons (Fsp3) is 0.435. The van der Waals surface area contributed by atoms with Crippen LogP contribution in [-0.2, 0) is 0 Å². The van der Waals surface area contributed by atoms with Gasteiger partial charge in [0, 0.05) is 29.7 Å². The Hall–Kier alpha value is -1.94. The average Bonchev–Trinajstić information content (AvgIpc) is 2.98. The van der Waals surface area contributed by atoms with Crippen LogP contribution in [0, 0.1) is 0 Å². The highest BCUT2D eigenvalue weighted by molar-refractivity contribution is 7.99. The number of carbonyl (C=O) groups excluding carboxylic acids is 1. The summed E-state index contributed by atoms with van der Waals surface area (Å²) < 4.78 is 5.74. The number of amides is 1. The number of carbonyl (C=O) groups is 1. The molecule has 3 nitrogen and oxygen atoms in total. The Kier molecular flexibility index (Phi) is 7.64. The summed E-state index contributed by atoms with van der Waals surface area (Å²) in [5, 5.41) is 0.475. The van der Waals surface area contributed by atoms with E-state index >= 15 is 0 Å². The first kappa shape index (κ1) is 19.8. The normalized spacial score (nSPS) is 17.4. The minimum absolute atomic E-state index is 0.127. The van der Waals surface area contributed by atoms with Gasteiger partial charge in [-0.3, -0.25) is 4.79 Å². The molecule has 1 saturated heterocycles. The second kappa shape index (κ2) is 10.4. The summed E-state index contributed by atoms with van der Waals surface area (Å²) in [5.74, 6) is 1.95. The van der Waals surface area contributed by atoms with Crippen molar-refractivity contribution in [3.63, 3.8) is 0 Å². The van der Waals surface area contributed by atoms with Crippen LogP contribution in [-0.4, -0.2) is 36.3 Å². The molecule has 2 aromatic carbocycles. The Balaban J connectivity index is 1.54. The van der Waals surface area contributed by atoms with E-state index in [0.29, 0.717) is 5.25 Å². The first-order valence-electron chi connectivity index (χ1n) is 9.96. The topological polar surface area (TPSA) is 29.5 Å². The molecule has 1 heterocycles. The molecule has 1 aliphatic rings. The molecule has 27 heavy (non-hydrogen) atoms. The summed E-state index contributed by atoms with van der Waals surface area (Å²) in [6.45, 7) is 4.54. The lowest BCUT2D eigenvalue weighted by Crippen LogP contribution is -2.32. The molecule has 4 heteroatoms. The van der Waals surface area contributed by atoms with Crippen molar-refractivity contribution in [3.8, 4) is 5.75 Å². The van der Waals surface area contributed by atoms with Crippen molar-refractivity contribution in [3.05, 3.63) is 65.7 Å². The molecule has 0 spiro atoms. The minimum Gasteiger partial charge on any atom is -0.494 e. The van der Waals surface area contributed by atoms with Gasteiger partial charge in [-0.1, -0.05) is 50.1 Å². The Morgan fingerprint density at radius 3 is 2.59 bits per heavy atom. The molecule has 0 aromatic heterocycles. The van der Waals surface area contributed by atoms with Crippen LogP contribution >= 0.6 is 11.8 Å². The van der Waals surface area contributed by atoms with Gasteiger partial charge in [0.1, 0.15) is 5.75 Å². The zero-order valence-electron chi connectivity index (χ0n) is 16.1. The van der Waals surface area contributed by atoms with Gasteiger partial charge >= 0.3 is 0 Å². The Morgan fingerprint density at radius 2 is 1.85 bits per heavy atom. The van der Waals surface area contributed by atoms with E-state index in [0.717, 1.165) is 49.6 Å². The Morgan fingerprint density at radius 1 is 1.07 bits per heavy atom. The smallest absolute Gasteiger partial charge is 0.253 e. The van der Waals surface area contributed by atoms with Crippen molar-refractivity contribution in [2.45, 2.75) is 37.9 Å². The lowest BCUT2D eigenvalue weighted by molar-refractivity contribution is 0.0766. The number of hydrogen-bond acceptors (Lipinski definition) is 3. The molecule has 0 radical (unpaired) electrons. The molecule has 1 atom stereocenters. The van der Waals surface area contributed by atoms with Crippen LogP contribution in [0.4, 0.5) is 0 Å². The van der Waals surface area contributed by atoms with Gasteiger partial charge < -0.3 is 9.64 Å². The van der Waals surface area contributed by atoms with Gasteiger partial charge in [-0.25, -0.2) is 0 Å². The zero-order chi connectivity index (χ0) is 18.9. The monoisotopic (exact) mass is 383 g/mol. The van der Waals surface area contributed by atoms with Crippen LogP contribution in [0.2, 0.25) is 0 Å². The predicted octanol–water partition coefficient (Wildman–Crippen LogP) is 5.58. The maximum Gasteiger partial charge on any atom is 0.253 e. The standard InChI is InChI=1S/C23H29NO2S/c1-2-3-7-17-26-21-12-10-20(11-13-21)23(25)24-15-14-22(27-18-16-24)19-8-5-4-6-9-19/h4-6,8-13,22H,2-3,7,14-18H2,1H3. The minimum atomic E-state index is 0.127. The van der Waals surface area contributed by atoms with E-state index in [9.17, 15) is 4.79 Å². The largest absolute Gasteiger partial charge is 0.494 e. The summed E-state index contributed by atoms with van der Waals surface area (Å²) in [5.41, 5.74) is 2.11. The van der Waals surface area contributed by atoms with Gasteiger partial charge in [0.2, 0.25) is 0 Å². The van der Waals surface area contributed by atoms with Crippen LogP contribution < -0.4 is 4.74 Å². The second-order valence-corrected chi connectivity index (χ2v) is 8.24. The molecule has 2 aromatic rings. The van der Waals surface area contributed by atoms with Gasteiger partial charge in [0.15, 0.2) is 0 Å². The van der Waals surface area contributed by atoms with Crippen LogP contribution in [0.25, 0.3) is 0 Å². The third kappa shape index (κ3) is 5.77. The molecule has 0 bridgehead atoms. The van der Waals surface area contributed by atoms with Crippen LogP contribution in [0.15, 0.2) is 54.6 Å². The maximum absolute atomic E-state index is 12.9. The molecule has 0 aliphatic carbocycles. The van der Waals surface area contributed by atoms with Gasteiger partial charge in [0.25, 0.3) is 5.91 Å². The highest BCUT2D eigenvalue weighted by Gasteiger charge is 2.22. The summed E-state index contributed by atoms with van der Waals surface area (Å²) >= 11 is 1.96. The van der Waals surface area contributed by atoms with Crippen molar-refractivity contribution < 1.29 is 9.53 Å². The Bertz CT molecular complexity index is 702. The van der Waals surface area contributed by atoms with Crippen LogP contribution in [0.3, 0.4) is 0 Å². The highest BCUT2D eigenvalue weighted by atomic mass is 32.2. The predicted molar refractivity (Wildman–Crippen MR) is 114 cm³/mol. The lowest BCUT2D eigenvalue weighted by Gasteiger charge is -2.20. The third-order valence-electron chi connectivity index (χ3n) is 4.92. The summed E-state index contributed by atoms with van der Waals surface area (Å²) in [6.07, 6.45) is 4.45. The van der Waals surface area contributed by atoms with E-state index in [2.05, 4.69) is 37.3 Å². The number of hydrogen-bond donors (Lipinski definition) is 0. The number of rotatable bonds is 7. The maximum atomic E-state index is 12.9. The van der Waals surface area contributed by atoms with Crippen molar-refractivity contribution in [2.75, 3.05) is 25.4 Å². The lowest BCUT2D eigenvalue weighted by atomic mass is 10.1. The number of benzene rings is 2. The average molecular weight is 384 g/mol. The van der Waals surface area contributed by atoms with E-state index in [1.54, 1.807) is 0 Å². The van der Waals surface area contributed by atoms with E-state index in [-0.39, 0.29) is 5.91 Å². The van der Waals surface area contributed by atoms with E-state index in [1.165, 1.54) is 18.4 Å². The van der Waals surface area contributed by atoms with Gasteiger partial charge in [-0.15, -0.1) is 0 Å². The van der Waals surface area contributed by atoms with Crippen LogP contribution in [0.1, 0.15) is 53.8 Å². The Labute approximate surface area is 167 Å². The van der Waals surface area contributed by atoms with Crippen LogP contribution in [0.5, 0.6) is 5.75 Å². The first-order chi connectivity index (χ1) is 13.3. The highest BCUT2D eigenvalue weighted by Crippen LogP contribution is 2.34. The molecule has 3 rings (SSSR count). The first-order valence-corrected chi connectivity index (χ1v) is 11.0. The molecule has 1 amide bonds. The van der Waals surface area contributed by atoms with Crippen molar-refractivity contribution in [1.29, 1.82) is 0 Å². The van der Waals surface area contributed by atoms with E-state index < -0.39 is 0 Å². The molecule has 0 saturated carbocycles. The van der Waals surface area contributed by atoms with E-state index in [4.69, 9.17) is 4.74 Å². The number of thioether (sulfide) groups is 1. The number of unbranched alkanes of at least 4 members (excludes halogenated alkanes) is 2. The summed E-state index contributed by atoms with van der Waals surface area (Å²) in [6, 6.07) is 18.2. The molecule has 1 aliphatic heterocycles. The van der Waals surface area contributed by atoms with Crippen molar-refractivity contribution in [1.82, 2.24) is 4.90 Å². The molecule has 1 unspecified atom stereocenters. The van der Waals surface area contributed by atoms with Crippen molar-refractivity contribution in [2.24, 2.45) is 0 Å². The second-order valence-electron chi connectivity index (χ2n) is 6.93. The molecule has 0 N–H and O–H groups in total. The van der Waals surface area contributed by atoms with Gasteiger partial charge in [-0.05, 0) is 42.7 Å². The number of nitrogens with zero attached hydrogens (tertiary/aromatic N) is 1. The zero-order valence-corrected chi connectivity index (χ0v) is 16.9. The number of ether oxygens (including phenoxy) is 1. The fourth-order valence-electron chi connectivity index (χ4n) is 3.33. The molecular weight excluding hydrogens is 354 g/mol. The SMILES string of the molecule is CCCCCOc1ccc(C(=O)N2CCSC(c3ccccc3)CC2)cc1. The quantitative estimate of drug-likeness (QED) is 0.585. The molecule has 144 valence electrons. The molecule has 1 fully saturated rings. The van der Waals surface area contributed by atoms with Gasteiger partial charge in [-0.2, -0.15) is 11.8 Å². The summed E-state index contributed by atoms with van der Waals surface area (Å²) in [7, 11) is 0. The van der Waals surface area contributed by atoms with Crippen molar-refractivity contribution >= 4 is 17.7 Å². The molecular formula is C23H29NO2S. The fourth-order valence-corrected chi connectivity index (χ4v) is 4.56.